The fourth-order valence-electron chi connectivity index (χ4n) is 4.34. The highest BCUT2D eigenvalue weighted by molar-refractivity contribution is 5.87. The quantitative estimate of drug-likeness (QED) is 0.809. The number of rotatable bonds is 4. The summed E-state index contributed by atoms with van der Waals surface area (Å²) < 4.78 is 20.2. The number of carboxylic acids is 1. The van der Waals surface area contributed by atoms with E-state index in [1.165, 1.54) is 17.2 Å². The van der Waals surface area contributed by atoms with Crippen LogP contribution >= 0.6 is 0 Å². The zero-order chi connectivity index (χ0) is 20.4. The highest BCUT2D eigenvalue weighted by atomic mass is 19.1. The number of carboxylic acid groups (broad SMARTS) is 1. The number of hydrogen-bond acceptors (Lipinski definition) is 3. The van der Waals surface area contributed by atoms with Crippen molar-refractivity contribution in [3.8, 4) is 5.75 Å². The highest BCUT2D eigenvalue weighted by Crippen LogP contribution is 2.41. The molecular weight excluding hydrogens is 369 g/mol. The van der Waals surface area contributed by atoms with Gasteiger partial charge in [0.2, 0.25) is 0 Å². The second-order valence-corrected chi connectivity index (χ2v) is 7.91. The van der Waals surface area contributed by atoms with Crippen LogP contribution in [0.1, 0.15) is 47.9 Å². The monoisotopic (exact) mass is 395 g/mol. The number of carbonyl (C=O) groups is 1. The lowest BCUT2D eigenvalue weighted by atomic mass is 9.86. The summed E-state index contributed by atoms with van der Waals surface area (Å²) in [6.45, 7) is 5.14. The van der Waals surface area contributed by atoms with Crippen molar-refractivity contribution >= 4 is 11.5 Å². The smallest absolute Gasteiger partial charge is 0.303 e. The summed E-state index contributed by atoms with van der Waals surface area (Å²) in [5.74, 6) is -0.271. The molecule has 0 amide bonds. The molecule has 2 aliphatic rings. The standard InChI is InChI=1S/C24H26FNO3/c1-16-4-6-20-18(13-16)15-29-22-7-5-19(25)14-21(22)24(20)17-8-11-26(12-9-17)10-2-3-23(27)28/h4-7,13-14H,2-3,8-12,15H2,1H3,(H,27,28). The Morgan fingerprint density at radius 2 is 1.93 bits per heavy atom. The Morgan fingerprint density at radius 1 is 1.14 bits per heavy atom. The Labute approximate surface area is 170 Å². The predicted octanol–water partition coefficient (Wildman–Crippen LogP) is 4.79. The molecular formula is C24H26FNO3. The molecule has 0 unspecified atom stereocenters. The van der Waals surface area contributed by atoms with Gasteiger partial charge in [0.1, 0.15) is 18.2 Å². The maximum absolute atomic E-state index is 14.1. The minimum atomic E-state index is -0.742. The molecule has 4 nitrogen and oxygen atoms in total. The van der Waals surface area contributed by atoms with Crippen LogP contribution in [-0.2, 0) is 11.4 Å². The van der Waals surface area contributed by atoms with Crippen molar-refractivity contribution in [2.45, 2.75) is 39.2 Å². The molecule has 29 heavy (non-hydrogen) atoms. The maximum atomic E-state index is 14.1. The van der Waals surface area contributed by atoms with Gasteiger partial charge in [0.15, 0.2) is 0 Å². The summed E-state index contributed by atoms with van der Waals surface area (Å²) in [5, 5.41) is 8.84. The average Bonchev–Trinajstić information content (AvgIpc) is 2.84. The minimum Gasteiger partial charge on any atom is -0.488 e. The summed E-state index contributed by atoms with van der Waals surface area (Å²) >= 11 is 0. The van der Waals surface area contributed by atoms with Crippen LogP contribution < -0.4 is 4.74 Å². The number of nitrogens with zero attached hydrogens (tertiary/aromatic N) is 1. The first-order valence-electron chi connectivity index (χ1n) is 10.2. The molecule has 5 heteroatoms. The number of aliphatic carboxylic acids is 1. The number of hydrogen-bond donors (Lipinski definition) is 1. The van der Waals surface area contributed by atoms with E-state index in [1.807, 2.05) is 0 Å². The van der Waals surface area contributed by atoms with Gasteiger partial charge in [0, 0.05) is 25.1 Å². The van der Waals surface area contributed by atoms with E-state index < -0.39 is 5.97 Å². The van der Waals surface area contributed by atoms with Crippen molar-refractivity contribution in [3.05, 3.63) is 70.0 Å². The molecule has 0 aliphatic carbocycles. The lowest BCUT2D eigenvalue weighted by Gasteiger charge is -2.30. The number of fused-ring (bicyclic) bond motifs is 2. The van der Waals surface area contributed by atoms with Crippen molar-refractivity contribution in [2.24, 2.45) is 0 Å². The van der Waals surface area contributed by atoms with Crippen LogP contribution in [0.25, 0.3) is 5.57 Å². The van der Waals surface area contributed by atoms with E-state index in [1.54, 1.807) is 12.1 Å². The number of benzene rings is 2. The van der Waals surface area contributed by atoms with Crippen LogP contribution in [0.15, 0.2) is 42.0 Å². The first kappa shape index (κ1) is 19.6. The molecule has 0 radical (unpaired) electrons. The van der Waals surface area contributed by atoms with Crippen molar-refractivity contribution in [3.63, 3.8) is 0 Å². The number of aryl methyl sites for hydroxylation is 1. The second-order valence-electron chi connectivity index (χ2n) is 7.91. The Morgan fingerprint density at radius 3 is 2.69 bits per heavy atom. The SMILES string of the molecule is Cc1ccc2c(c1)COc1ccc(F)cc1C2=C1CCN(CCCC(=O)O)CC1. The number of ether oxygens (including phenoxy) is 1. The van der Waals surface area contributed by atoms with E-state index in [0.717, 1.165) is 60.5 Å². The average molecular weight is 395 g/mol. The van der Waals surface area contributed by atoms with Crippen molar-refractivity contribution in [2.75, 3.05) is 19.6 Å². The zero-order valence-corrected chi connectivity index (χ0v) is 16.7. The second kappa shape index (κ2) is 8.37. The third kappa shape index (κ3) is 4.35. The van der Waals surface area contributed by atoms with E-state index >= 15 is 0 Å². The molecule has 1 fully saturated rings. The van der Waals surface area contributed by atoms with Crippen molar-refractivity contribution in [1.29, 1.82) is 0 Å². The summed E-state index contributed by atoms with van der Waals surface area (Å²) in [6, 6.07) is 11.2. The molecule has 2 aromatic carbocycles. The van der Waals surface area contributed by atoms with Gasteiger partial charge in [-0.05, 0) is 67.6 Å². The zero-order valence-electron chi connectivity index (χ0n) is 16.7. The topological polar surface area (TPSA) is 49.8 Å². The first-order chi connectivity index (χ1) is 14.0. The minimum absolute atomic E-state index is 0.209. The molecule has 2 aromatic rings. The van der Waals surface area contributed by atoms with Gasteiger partial charge < -0.3 is 14.7 Å². The van der Waals surface area contributed by atoms with Crippen LogP contribution in [0, 0.1) is 12.7 Å². The Hall–Kier alpha value is -2.66. The maximum Gasteiger partial charge on any atom is 0.303 e. The lowest BCUT2D eigenvalue weighted by Crippen LogP contribution is -2.32. The molecule has 2 heterocycles. The summed E-state index contributed by atoms with van der Waals surface area (Å²) in [4.78, 5) is 13.1. The van der Waals surface area contributed by atoms with Gasteiger partial charge in [-0.2, -0.15) is 0 Å². The molecule has 0 spiro atoms. The molecule has 1 N–H and O–H groups in total. The number of likely N-dealkylation sites (tertiary alicyclic amines) is 1. The molecule has 4 rings (SSSR count). The molecule has 1 saturated heterocycles. The van der Waals surface area contributed by atoms with Crippen molar-refractivity contribution < 1.29 is 19.0 Å². The predicted molar refractivity (Wildman–Crippen MR) is 110 cm³/mol. The highest BCUT2D eigenvalue weighted by Gasteiger charge is 2.25. The Balaban J connectivity index is 1.67. The molecule has 2 aliphatic heterocycles. The summed E-state index contributed by atoms with van der Waals surface area (Å²) in [5.41, 5.74) is 6.71. The van der Waals surface area contributed by atoms with Gasteiger partial charge in [-0.15, -0.1) is 0 Å². The first-order valence-corrected chi connectivity index (χ1v) is 10.2. The van der Waals surface area contributed by atoms with Crippen LogP contribution in [0.5, 0.6) is 5.75 Å². The summed E-state index contributed by atoms with van der Waals surface area (Å²) in [6.07, 6.45) is 2.67. The van der Waals surface area contributed by atoms with Crippen LogP contribution in [-0.4, -0.2) is 35.6 Å². The molecule has 152 valence electrons. The van der Waals surface area contributed by atoms with Gasteiger partial charge in [0.25, 0.3) is 0 Å². The molecule has 0 aromatic heterocycles. The number of piperidine rings is 1. The van der Waals surface area contributed by atoms with Gasteiger partial charge in [-0.3, -0.25) is 4.79 Å². The van der Waals surface area contributed by atoms with Crippen LogP contribution in [0.4, 0.5) is 4.39 Å². The third-order valence-corrected chi connectivity index (χ3v) is 5.80. The van der Waals surface area contributed by atoms with Gasteiger partial charge in [-0.1, -0.05) is 29.3 Å². The van der Waals surface area contributed by atoms with Gasteiger partial charge in [0.05, 0.1) is 0 Å². The Bertz CT molecular complexity index is 957. The van der Waals surface area contributed by atoms with Crippen molar-refractivity contribution in [1.82, 2.24) is 4.90 Å². The normalized spacial score (nSPS) is 16.6. The van der Waals surface area contributed by atoms with E-state index in [2.05, 4.69) is 30.0 Å². The summed E-state index contributed by atoms with van der Waals surface area (Å²) in [7, 11) is 0. The fourth-order valence-corrected chi connectivity index (χ4v) is 4.34. The van der Waals surface area contributed by atoms with E-state index in [9.17, 15) is 9.18 Å². The van der Waals surface area contributed by atoms with Gasteiger partial charge in [-0.25, -0.2) is 4.39 Å². The molecule has 0 saturated carbocycles. The molecule has 0 bridgehead atoms. The fraction of sp³-hybridized carbons (Fsp3) is 0.375. The van der Waals surface area contributed by atoms with E-state index in [0.29, 0.717) is 13.0 Å². The lowest BCUT2D eigenvalue weighted by molar-refractivity contribution is -0.137. The number of halogens is 1. The largest absolute Gasteiger partial charge is 0.488 e. The van der Waals surface area contributed by atoms with E-state index in [-0.39, 0.29) is 12.2 Å². The van der Waals surface area contributed by atoms with Gasteiger partial charge >= 0.3 is 5.97 Å². The molecule has 0 atom stereocenters. The van der Waals surface area contributed by atoms with Crippen LogP contribution in [0.3, 0.4) is 0 Å². The third-order valence-electron chi connectivity index (χ3n) is 5.80. The van der Waals surface area contributed by atoms with Crippen LogP contribution in [0.2, 0.25) is 0 Å². The Kier molecular flexibility index (Phi) is 5.67. The van der Waals surface area contributed by atoms with E-state index in [4.69, 9.17) is 9.84 Å².